The second-order valence-electron chi connectivity index (χ2n) is 6.99. The van der Waals surface area contributed by atoms with Crippen LogP contribution < -0.4 is 0 Å². The summed E-state index contributed by atoms with van der Waals surface area (Å²) >= 11 is 0. The monoisotopic (exact) mass is 310 g/mol. The van der Waals surface area contributed by atoms with Gasteiger partial charge < -0.3 is 19.3 Å². The standard InChI is InChI=1S/C16H26N2O4/c1-6-13(19)18-11-21-16(12(18)2)7-9-17(10-8-16)14(20)22-15(3,4)5/h6,12H,1,7-11H2,2-5H3. The maximum absolute atomic E-state index is 12.1. The van der Waals surface area contributed by atoms with Gasteiger partial charge in [-0.15, -0.1) is 0 Å². The number of hydrogen-bond donors (Lipinski definition) is 0. The molecule has 2 aliphatic rings. The Labute approximate surface area is 132 Å². The van der Waals surface area contributed by atoms with Gasteiger partial charge in [-0.1, -0.05) is 6.58 Å². The predicted octanol–water partition coefficient (Wildman–Crippen LogP) is 2.15. The van der Waals surface area contributed by atoms with Crippen LogP contribution in [0.5, 0.6) is 0 Å². The SMILES string of the molecule is C=CC(=O)N1COC2(CCN(C(=O)OC(C)(C)C)CC2)C1C. The number of nitrogens with zero attached hydrogens (tertiary/aromatic N) is 2. The fourth-order valence-corrected chi connectivity index (χ4v) is 3.04. The number of piperidine rings is 1. The van der Waals surface area contributed by atoms with Gasteiger partial charge in [0.1, 0.15) is 12.3 Å². The van der Waals surface area contributed by atoms with Crippen molar-refractivity contribution in [2.75, 3.05) is 19.8 Å². The van der Waals surface area contributed by atoms with Crippen LogP contribution in [0.3, 0.4) is 0 Å². The van der Waals surface area contributed by atoms with E-state index in [1.807, 2.05) is 27.7 Å². The van der Waals surface area contributed by atoms with Crippen molar-refractivity contribution in [1.29, 1.82) is 0 Å². The molecule has 6 heteroatoms. The van der Waals surface area contributed by atoms with E-state index >= 15 is 0 Å². The Morgan fingerprint density at radius 2 is 1.91 bits per heavy atom. The first kappa shape index (κ1) is 16.8. The molecular weight excluding hydrogens is 284 g/mol. The number of carbonyl (C=O) groups excluding carboxylic acids is 2. The molecular formula is C16H26N2O4. The highest BCUT2D eigenvalue weighted by Crippen LogP contribution is 2.37. The Kier molecular flexibility index (Phi) is 4.52. The number of ether oxygens (including phenoxy) is 2. The van der Waals surface area contributed by atoms with Crippen molar-refractivity contribution in [2.24, 2.45) is 0 Å². The van der Waals surface area contributed by atoms with E-state index in [4.69, 9.17) is 9.47 Å². The number of carbonyl (C=O) groups is 2. The molecule has 6 nitrogen and oxygen atoms in total. The van der Waals surface area contributed by atoms with Gasteiger partial charge >= 0.3 is 6.09 Å². The second-order valence-corrected chi connectivity index (χ2v) is 6.99. The molecule has 2 heterocycles. The lowest BCUT2D eigenvalue weighted by molar-refractivity contribution is -0.127. The van der Waals surface area contributed by atoms with Gasteiger partial charge in [-0.2, -0.15) is 0 Å². The predicted molar refractivity (Wildman–Crippen MR) is 82.2 cm³/mol. The van der Waals surface area contributed by atoms with Crippen LogP contribution in [-0.2, 0) is 14.3 Å². The van der Waals surface area contributed by atoms with E-state index in [1.54, 1.807) is 9.80 Å². The molecule has 0 aliphatic carbocycles. The van der Waals surface area contributed by atoms with E-state index in [1.165, 1.54) is 6.08 Å². The largest absolute Gasteiger partial charge is 0.444 e. The summed E-state index contributed by atoms with van der Waals surface area (Å²) in [7, 11) is 0. The van der Waals surface area contributed by atoms with Crippen molar-refractivity contribution in [2.45, 2.75) is 57.8 Å². The Morgan fingerprint density at radius 3 is 2.41 bits per heavy atom. The smallest absolute Gasteiger partial charge is 0.410 e. The lowest BCUT2D eigenvalue weighted by atomic mass is 9.85. The van der Waals surface area contributed by atoms with Crippen LogP contribution in [0.2, 0.25) is 0 Å². The van der Waals surface area contributed by atoms with Crippen molar-refractivity contribution < 1.29 is 19.1 Å². The topological polar surface area (TPSA) is 59.1 Å². The molecule has 0 saturated carbocycles. The van der Waals surface area contributed by atoms with Gasteiger partial charge in [0.05, 0.1) is 11.6 Å². The van der Waals surface area contributed by atoms with E-state index in [0.717, 1.165) is 0 Å². The van der Waals surface area contributed by atoms with Crippen molar-refractivity contribution in [3.63, 3.8) is 0 Å². The number of hydrogen-bond acceptors (Lipinski definition) is 4. The van der Waals surface area contributed by atoms with Crippen LogP contribution in [0.15, 0.2) is 12.7 Å². The van der Waals surface area contributed by atoms with E-state index in [9.17, 15) is 9.59 Å². The number of amides is 2. The first-order valence-corrected chi connectivity index (χ1v) is 7.73. The Bertz CT molecular complexity index is 461. The van der Waals surface area contributed by atoms with Crippen molar-refractivity contribution in [3.8, 4) is 0 Å². The highest BCUT2D eigenvalue weighted by Gasteiger charge is 2.49. The molecule has 2 fully saturated rings. The van der Waals surface area contributed by atoms with Gasteiger partial charge in [-0.3, -0.25) is 4.79 Å². The quantitative estimate of drug-likeness (QED) is 0.696. The Hall–Kier alpha value is -1.56. The van der Waals surface area contributed by atoms with Crippen molar-refractivity contribution in [3.05, 3.63) is 12.7 Å². The number of rotatable bonds is 1. The minimum atomic E-state index is -0.490. The van der Waals surface area contributed by atoms with Crippen LogP contribution in [0.25, 0.3) is 0 Å². The molecule has 1 unspecified atom stereocenters. The molecule has 2 aliphatic heterocycles. The maximum Gasteiger partial charge on any atom is 0.410 e. The Balaban J connectivity index is 1.96. The molecule has 22 heavy (non-hydrogen) atoms. The molecule has 2 amide bonds. The highest BCUT2D eigenvalue weighted by atomic mass is 16.6. The first-order chi connectivity index (χ1) is 10.2. The molecule has 124 valence electrons. The molecule has 0 N–H and O–H groups in total. The van der Waals surface area contributed by atoms with Gasteiger partial charge in [0.2, 0.25) is 5.91 Å². The second kappa shape index (κ2) is 5.91. The van der Waals surface area contributed by atoms with Crippen molar-refractivity contribution >= 4 is 12.0 Å². The van der Waals surface area contributed by atoms with Crippen molar-refractivity contribution in [1.82, 2.24) is 9.80 Å². The third-order valence-electron chi connectivity index (χ3n) is 4.44. The highest BCUT2D eigenvalue weighted by molar-refractivity contribution is 5.87. The van der Waals surface area contributed by atoms with Gasteiger partial charge in [0.15, 0.2) is 0 Å². The third kappa shape index (κ3) is 3.27. The maximum atomic E-state index is 12.1. The molecule has 0 radical (unpaired) electrons. The van der Waals surface area contributed by atoms with Gasteiger partial charge in [0, 0.05) is 13.1 Å². The summed E-state index contributed by atoms with van der Waals surface area (Å²) in [5.74, 6) is -0.112. The molecule has 2 saturated heterocycles. The van der Waals surface area contributed by atoms with Gasteiger partial charge in [-0.05, 0) is 46.6 Å². The zero-order chi connectivity index (χ0) is 16.5. The van der Waals surface area contributed by atoms with Crippen LogP contribution in [0.4, 0.5) is 4.79 Å². The van der Waals surface area contributed by atoms with E-state index < -0.39 is 5.60 Å². The molecule has 2 rings (SSSR count). The van der Waals surface area contributed by atoms with E-state index in [2.05, 4.69) is 6.58 Å². The van der Waals surface area contributed by atoms with Gasteiger partial charge in [0.25, 0.3) is 0 Å². The van der Waals surface area contributed by atoms with E-state index in [0.29, 0.717) is 32.7 Å². The zero-order valence-corrected chi connectivity index (χ0v) is 13.9. The summed E-state index contributed by atoms with van der Waals surface area (Å²) in [6.45, 7) is 12.5. The van der Waals surface area contributed by atoms with Crippen LogP contribution in [0, 0.1) is 0 Å². The summed E-state index contributed by atoms with van der Waals surface area (Å²) in [4.78, 5) is 27.3. The molecule has 0 aromatic carbocycles. The van der Waals surface area contributed by atoms with Crippen LogP contribution in [-0.4, -0.2) is 58.9 Å². The average molecular weight is 310 g/mol. The minimum absolute atomic E-state index is 0.0150. The first-order valence-electron chi connectivity index (χ1n) is 7.73. The number of likely N-dealkylation sites (tertiary alicyclic amines) is 1. The molecule has 0 aromatic rings. The third-order valence-corrected chi connectivity index (χ3v) is 4.44. The summed E-state index contributed by atoms with van der Waals surface area (Å²) < 4.78 is 11.3. The fraction of sp³-hybridized carbons (Fsp3) is 0.750. The zero-order valence-electron chi connectivity index (χ0n) is 13.9. The lowest BCUT2D eigenvalue weighted by Crippen LogP contribution is -2.53. The van der Waals surface area contributed by atoms with E-state index in [-0.39, 0.29) is 23.6 Å². The molecule has 0 bridgehead atoms. The normalized spacial score (nSPS) is 24.5. The molecule has 1 atom stereocenters. The summed E-state index contributed by atoms with van der Waals surface area (Å²) in [5, 5.41) is 0. The van der Waals surface area contributed by atoms with Crippen LogP contribution in [0.1, 0.15) is 40.5 Å². The Morgan fingerprint density at radius 1 is 1.32 bits per heavy atom. The minimum Gasteiger partial charge on any atom is -0.444 e. The van der Waals surface area contributed by atoms with Gasteiger partial charge in [-0.25, -0.2) is 4.79 Å². The summed E-state index contributed by atoms with van der Waals surface area (Å²) in [5.41, 5.74) is -0.853. The molecule has 1 spiro atoms. The van der Waals surface area contributed by atoms with Crippen LogP contribution >= 0.6 is 0 Å². The average Bonchev–Trinajstić information content (AvgIpc) is 2.74. The molecule has 0 aromatic heterocycles. The fourth-order valence-electron chi connectivity index (χ4n) is 3.04. The lowest BCUT2D eigenvalue weighted by Gasteiger charge is -2.41. The summed E-state index contributed by atoms with van der Waals surface area (Å²) in [6, 6.07) is -0.0150. The summed E-state index contributed by atoms with van der Waals surface area (Å²) in [6.07, 6.45) is 2.43.